The van der Waals surface area contributed by atoms with E-state index in [0.717, 1.165) is 17.7 Å². The van der Waals surface area contributed by atoms with Gasteiger partial charge < -0.3 is 5.32 Å². The number of benzene rings is 2. The third kappa shape index (κ3) is 2.68. The molecule has 0 aliphatic heterocycles. The summed E-state index contributed by atoms with van der Waals surface area (Å²) >= 11 is 5.81. The van der Waals surface area contributed by atoms with Crippen molar-refractivity contribution in [1.29, 1.82) is 0 Å². The van der Waals surface area contributed by atoms with Gasteiger partial charge in [-0.15, -0.1) is 0 Å². The molecule has 2 rings (SSSR count). The molecule has 0 aliphatic rings. The van der Waals surface area contributed by atoms with E-state index < -0.39 is 17.7 Å². The maximum Gasteiger partial charge on any atom is 0.128 e. The second-order valence-corrected chi connectivity index (χ2v) is 4.38. The molecule has 1 unspecified atom stereocenters. The van der Waals surface area contributed by atoms with Crippen LogP contribution in [0.2, 0.25) is 5.02 Å². The first-order valence-corrected chi connectivity index (χ1v) is 5.87. The molecule has 0 bridgehead atoms. The Morgan fingerprint density at radius 2 is 1.72 bits per heavy atom. The molecule has 0 heterocycles. The van der Waals surface area contributed by atoms with Crippen LogP contribution in [-0.2, 0) is 0 Å². The number of hydrogen-bond donors (Lipinski definition) is 1. The van der Waals surface area contributed by atoms with Gasteiger partial charge in [0, 0.05) is 10.6 Å². The van der Waals surface area contributed by atoms with Crippen molar-refractivity contribution < 1.29 is 8.78 Å². The molecule has 1 nitrogen and oxygen atoms in total. The molecule has 94 valence electrons. The van der Waals surface area contributed by atoms with Crippen molar-refractivity contribution in [2.45, 2.75) is 6.04 Å². The average Bonchev–Trinajstić information content (AvgIpc) is 2.37. The van der Waals surface area contributed by atoms with Gasteiger partial charge in [0.15, 0.2) is 0 Å². The molecule has 0 radical (unpaired) electrons. The van der Waals surface area contributed by atoms with Gasteiger partial charge in [0.2, 0.25) is 0 Å². The zero-order valence-electron chi connectivity index (χ0n) is 9.75. The highest BCUT2D eigenvalue weighted by atomic mass is 35.5. The molecule has 18 heavy (non-hydrogen) atoms. The molecule has 0 amide bonds. The second-order valence-electron chi connectivity index (χ2n) is 3.94. The van der Waals surface area contributed by atoms with Gasteiger partial charge in [0.1, 0.15) is 11.6 Å². The molecule has 2 aromatic carbocycles. The first kappa shape index (κ1) is 13.0. The average molecular weight is 268 g/mol. The minimum Gasteiger partial charge on any atom is -0.309 e. The molecule has 1 N–H and O–H groups in total. The summed E-state index contributed by atoms with van der Waals surface area (Å²) in [6.07, 6.45) is 0. The zero-order valence-corrected chi connectivity index (χ0v) is 10.5. The fourth-order valence-corrected chi connectivity index (χ4v) is 2.02. The number of rotatable bonds is 3. The first-order valence-electron chi connectivity index (χ1n) is 5.49. The highest BCUT2D eigenvalue weighted by Gasteiger charge is 2.16. The molecular formula is C14H12ClF2N. The van der Waals surface area contributed by atoms with Gasteiger partial charge >= 0.3 is 0 Å². The Morgan fingerprint density at radius 3 is 2.33 bits per heavy atom. The minimum atomic E-state index is -0.458. The predicted molar refractivity (Wildman–Crippen MR) is 68.7 cm³/mol. The lowest BCUT2D eigenvalue weighted by Gasteiger charge is -2.18. The van der Waals surface area contributed by atoms with E-state index in [-0.39, 0.29) is 5.56 Å². The molecule has 4 heteroatoms. The van der Waals surface area contributed by atoms with Crippen molar-refractivity contribution in [2.75, 3.05) is 7.05 Å². The van der Waals surface area contributed by atoms with Crippen LogP contribution in [0.5, 0.6) is 0 Å². The summed E-state index contributed by atoms with van der Waals surface area (Å²) in [6, 6.07) is 10.0. The van der Waals surface area contributed by atoms with E-state index in [0.29, 0.717) is 5.02 Å². The van der Waals surface area contributed by atoms with Gasteiger partial charge in [-0.2, -0.15) is 0 Å². The lowest BCUT2D eigenvalue weighted by atomic mass is 9.98. The predicted octanol–water partition coefficient (Wildman–Crippen LogP) is 3.93. The molecular weight excluding hydrogens is 256 g/mol. The van der Waals surface area contributed by atoms with Crippen molar-refractivity contribution >= 4 is 11.6 Å². The van der Waals surface area contributed by atoms with Crippen LogP contribution in [0.25, 0.3) is 0 Å². The lowest BCUT2D eigenvalue weighted by molar-refractivity contribution is 0.558. The van der Waals surface area contributed by atoms with E-state index >= 15 is 0 Å². The third-order valence-corrected chi connectivity index (χ3v) is 3.01. The molecule has 0 spiro atoms. The van der Waals surface area contributed by atoms with Crippen LogP contribution in [0.4, 0.5) is 8.78 Å². The normalized spacial score (nSPS) is 12.4. The maximum absolute atomic E-state index is 13.7. The number of nitrogens with one attached hydrogen (secondary N) is 1. The molecule has 0 fully saturated rings. The second kappa shape index (κ2) is 5.46. The Bertz CT molecular complexity index is 540. The van der Waals surface area contributed by atoms with Crippen molar-refractivity contribution in [3.63, 3.8) is 0 Å². The van der Waals surface area contributed by atoms with E-state index in [1.165, 1.54) is 6.07 Å². The van der Waals surface area contributed by atoms with Gasteiger partial charge in [0.05, 0.1) is 6.04 Å². The topological polar surface area (TPSA) is 12.0 Å². The smallest absolute Gasteiger partial charge is 0.128 e. The van der Waals surface area contributed by atoms with E-state index in [4.69, 9.17) is 11.6 Å². The number of hydrogen-bond acceptors (Lipinski definition) is 1. The summed E-state index contributed by atoms with van der Waals surface area (Å²) in [4.78, 5) is 0. The molecule has 0 aliphatic carbocycles. The highest BCUT2D eigenvalue weighted by Crippen LogP contribution is 2.25. The minimum absolute atomic E-state index is 0.278. The third-order valence-electron chi connectivity index (χ3n) is 2.76. The Morgan fingerprint density at radius 1 is 1.06 bits per heavy atom. The SMILES string of the molecule is CNC(c1ccc(Cl)cc1)c1cc(F)ccc1F. The van der Waals surface area contributed by atoms with Gasteiger partial charge in [-0.25, -0.2) is 8.78 Å². The van der Waals surface area contributed by atoms with Crippen LogP contribution < -0.4 is 5.32 Å². The van der Waals surface area contributed by atoms with E-state index in [1.807, 2.05) is 0 Å². The van der Waals surface area contributed by atoms with Gasteiger partial charge in [-0.05, 0) is 42.9 Å². The largest absolute Gasteiger partial charge is 0.309 e. The molecule has 1 atom stereocenters. The number of halogens is 3. The fourth-order valence-electron chi connectivity index (χ4n) is 1.89. The Balaban J connectivity index is 2.44. The quantitative estimate of drug-likeness (QED) is 0.889. The monoisotopic (exact) mass is 267 g/mol. The Hall–Kier alpha value is -1.45. The highest BCUT2D eigenvalue weighted by molar-refractivity contribution is 6.30. The summed E-state index contributed by atoms with van der Waals surface area (Å²) in [5.74, 6) is -0.897. The van der Waals surface area contributed by atoms with E-state index in [9.17, 15) is 8.78 Å². The van der Waals surface area contributed by atoms with Crippen LogP contribution in [0, 0.1) is 11.6 Å². The Kier molecular flexibility index (Phi) is 3.94. The summed E-state index contributed by atoms with van der Waals surface area (Å²) in [5, 5.41) is 3.58. The Labute approximate surface area is 109 Å². The summed E-state index contributed by atoms with van der Waals surface area (Å²) in [5.41, 5.74) is 1.10. The van der Waals surface area contributed by atoms with Crippen LogP contribution in [-0.4, -0.2) is 7.05 Å². The summed E-state index contributed by atoms with van der Waals surface area (Å²) in [6.45, 7) is 0. The van der Waals surface area contributed by atoms with Gasteiger partial charge in [-0.3, -0.25) is 0 Å². The van der Waals surface area contributed by atoms with Crippen LogP contribution in [0.1, 0.15) is 17.2 Å². The standard InChI is InChI=1S/C14H12ClF2N/c1-18-14(9-2-4-10(15)5-3-9)12-8-11(16)6-7-13(12)17/h2-8,14,18H,1H3. The van der Waals surface area contributed by atoms with Crippen LogP contribution in [0.15, 0.2) is 42.5 Å². The molecule has 0 saturated carbocycles. The van der Waals surface area contributed by atoms with Crippen LogP contribution in [0.3, 0.4) is 0 Å². The van der Waals surface area contributed by atoms with Gasteiger partial charge in [0.25, 0.3) is 0 Å². The van der Waals surface area contributed by atoms with E-state index in [2.05, 4.69) is 5.32 Å². The molecule has 2 aromatic rings. The van der Waals surface area contributed by atoms with E-state index in [1.54, 1.807) is 31.3 Å². The maximum atomic E-state index is 13.7. The molecule has 0 aromatic heterocycles. The van der Waals surface area contributed by atoms with Crippen molar-refractivity contribution in [1.82, 2.24) is 5.32 Å². The first-order chi connectivity index (χ1) is 8.61. The van der Waals surface area contributed by atoms with Crippen LogP contribution >= 0.6 is 11.6 Å². The fraction of sp³-hybridized carbons (Fsp3) is 0.143. The summed E-state index contributed by atoms with van der Waals surface area (Å²) < 4.78 is 26.9. The van der Waals surface area contributed by atoms with Crippen molar-refractivity contribution in [3.05, 3.63) is 70.2 Å². The van der Waals surface area contributed by atoms with Crippen molar-refractivity contribution in [3.8, 4) is 0 Å². The lowest BCUT2D eigenvalue weighted by Crippen LogP contribution is -2.19. The summed E-state index contributed by atoms with van der Waals surface area (Å²) in [7, 11) is 1.70. The molecule has 0 saturated heterocycles. The van der Waals surface area contributed by atoms with Gasteiger partial charge in [-0.1, -0.05) is 23.7 Å². The van der Waals surface area contributed by atoms with Crippen molar-refractivity contribution in [2.24, 2.45) is 0 Å². The zero-order chi connectivity index (χ0) is 13.1.